The normalized spacial score (nSPS) is 11.3. The molecule has 0 aliphatic rings. The number of guanidine groups is 1. The van der Waals surface area contributed by atoms with Crippen LogP contribution in [0.5, 0.6) is 5.75 Å². The number of nitrogens with two attached hydrogens (primary N) is 1. The van der Waals surface area contributed by atoms with Crippen molar-refractivity contribution in [1.29, 1.82) is 0 Å². The maximum absolute atomic E-state index is 5.88. The van der Waals surface area contributed by atoms with E-state index >= 15 is 0 Å². The summed E-state index contributed by atoms with van der Waals surface area (Å²) < 4.78 is 5.72. The lowest BCUT2D eigenvalue weighted by atomic mass is 10.2. The van der Waals surface area contributed by atoms with Crippen LogP contribution < -0.4 is 15.8 Å². The van der Waals surface area contributed by atoms with Crippen LogP contribution in [0, 0.1) is 0 Å². The molecule has 6 heteroatoms. The molecule has 0 atom stereocenters. The van der Waals surface area contributed by atoms with Crippen molar-refractivity contribution in [2.45, 2.75) is 45.6 Å². The second kappa shape index (κ2) is 15.3. The molecule has 5 nitrogen and oxygen atoms in total. The minimum absolute atomic E-state index is 0. The molecule has 0 saturated carbocycles. The van der Waals surface area contributed by atoms with Gasteiger partial charge in [0.05, 0.1) is 13.2 Å². The number of halogens is 1. The first-order valence-corrected chi connectivity index (χ1v) is 9.02. The predicted octanol–water partition coefficient (Wildman–Crippen LogP) is 3.62. The number of hydrogen-bond acceptors (Lipinski definition) is 3. The molecule has 25 heavy (non-hydrogen) atoms. The van der Waals surface area contributed by atoms with Gasteiger partial charge in [0.2, 0.25) is 0 Å². The lowest BCUT2D eigenvalue weighted by molar-refractivity contribution is 0.281. The van der Waals surface area contributed by atoms with Crippen LogP contribution in [-0.2, 0) is 6.54 Å². The minimum Gasteiger partial charge on any atom is -0.494 e. The highest BCUT2D eigenvalue weighted by Crippen LogP contribution is 2.13. The van der Waals surface area contributed by atoms with Gasteiger partial charge in [-0.15, -0.1) is 24.0 Å². The first-order chi connectivity index (χ1) is 11.6. The molecule has 1 aromatic rings. The number of unbranched alkanes of at least 4 members (excludes halogenated alkanes) is 3. The molecule has 0 aromatic heterocycles. The van der Waals surface area contributed by atoms with Gasteiger partial charge in [0.25, 0.3) is 0 Å². The Bertz CT molecular complexity index is 463. The molecule has 0 aliphatic heterocycles. The van der Waals surface area contributed by atoms with Crippen molar-refractivity contribution >= 4 is 29.9 Å². The van der Waals surface area contributed by atoms with E-state index < -0.39 is 0 Å². The van der Waals surface area contributed by atoms with Crippen molar-refractivity contribution in [2.24, 2.45) is 10.7 Å². The maximum atomic E-state index is 5.88. The summed E-state index contributed by atoms with van der Waals surface area (Å²) in [4.78, 5) is 6.53. The van der Waals surface area contributed by atoms with Gasteiger partial charge in [-0.25, -0.2) is 4.99 Å². The van der Waals surface area contributed by atoms with Crippen LogP contribution in [0.3, 0.4) is 0 Å². The van der Waals surface area contributed by atoms with Crippen molar-refractivity contribution < 1.29 is 4.74 Å². The average Bonchev–Trinajstić information content (AvgIpc) is 2.57. The van der Waals surface area contributed by atoms with Crippen LogP contribution in [0.15, 0.2) is 29.3 Å². The van der Waals surface area contributed by atoms with E-state index in [0.717, 1.165) is 43.9 Å². The van der Waals surface area contributed by atoms with Gasteiger partial charge < -0.3 is 20.7 Å². The summed E-state index contributed by atoms with van der Waals surface area (Å²) in [5.74, 6) is 1.43. The summed E-state index contributed by atoms with van der Waals surface area (Å²) in [6.07, 6.45) is 5.94. The van der Waals surface area contributed by atoms with E-state index in [1.165, 1.54) is 19.3 Å². The number of hydrogen-bond donors (Lipinski definition) is 2. The van der Waals surface area contributed by atoms with Crippen molar-refractivity contribution in [1.82, 2.24) is 10.2 Å². The molecule has 144 valence electrons. The number of ether oxygens (including phenoxy) is 1. The number of aliphatic imine (C=N–C) groups is 1. The van der Waals surface area contributed by atoms with Crippen LogP contribution >= 0.6 is 24.0 Å². The van der Waals surface area contributed by atoms with Gasteiger partial charge in [0.1, 0.15) is 5.75 Å². The Kier molecular flexibility index (Phi) is 14.6. The topological polar surface area (TPSA) is 62.9 Å². The number of nitrogens with one attached hydrogen (secondary N) is 1. The van der Waals surface area contributed by atoms with Crippen LogP contribution in [0.1, 0.15) is 44.6 Å². The quantitative estimate of drug-likeness (QED) is 0.216. The molecule has 1 aromatic carbocycles. The fourth-order valence-corrected chi connectivity index (χ4v) is 2.26. The van der Waals surface area contributed by atoms with E-state index in [9.17, 15) is 0 Å². The van der Waals surface area contributed by atoms with Gasteiger partial charge in [0.15, 0.2) is 5.96 Å². The van der Waals surface area contributed by atoms with E-state index in [4.69, 9.17) is 10.5 Å². The Morgan fingerprint density at radius 2 is 1.84 bits per heavy atom. The summed E-state index contributed by atoms with van der Waals surface area (Å²) in [5.41, 5.74) is 7.01. The van der Waals surface area contributed by atoms with Gasteiger partial charge in [-0.05, 0) is 44.6 Å². The second-order valence-electron chi connectivity index (χ2n) is 6.34. The molecule has 0 heterocycles. The molecule has 1 rings (SSSR count). The van der Waals surface area contributed by atoms with Gasteiger partial charge in [-0.3, -0.25) is 0 Å². The molecular weight excluding hydrogens is 427 g/mol. The van der Waals surface area contributed by atoms with E-state index in [-0.39, 0.29) is 24.0 Å². The number of benzene rings is 1. The second-order valence-corrected chi connectivity index (χ2v) is 6.34. The monoisotopic (exact) mass is 462 g/mol. The first kappa shape index (κ1) is 24.0. The Morgan fingerprint density at radius 3 is 2.48 bits per heavy atom. The smallest absolute Gasteiger partial charge is 0.188 e. The first-order valence-electron chi connectivity index (χ1n) is 9.02. The van der Waals surface area contributed by atoms with Crippen LogP contribution in [-0.4, -0.2) is 44.7 Å². The molecule has 0 bridgehead atoms. The average molecular weight is 462 g/mol. The third kappa shape index (κ3) is 12.9. The van der Waals surface area contributed by atoms with E-state index in [0.29, 0.717) is 12.5 Å². The molecule has 0 fully saturated rings. The third-order valence-corrected chi connectivity index (χ3v) is 3.71. The fourth-order valence-electron chi connectivity index (χ4n) is 2.26. The van der Waals surface area contributed by atoms with E-state index in [2.05, 4.69) is 36.2 Å². The van der Waals surface area contributed by atoms with Crippen molar-refractivity contribution in [2.75, 3.05) is 33.8 Å². The number of nitrogens with zero attached hydrogens (tertiary/aromatic N) is 2. The summed E-state index contributed by atoms with van der Waals surface area (Å²) in [6, 6.07) is 8.07. The van der Waals surface area contributed by atoms with Gasteiger partial charge in [-0.2, -0.15) is 0 Å². The van der Waals surface area contributed by atoms with Crippen LogP contribution in [0.25, 0.3) is 0 Å². The summed E-state index contributed by atoms with van der Waals surface area (Å²) in [7, 11) is 4.14. The highest BCUT2D eigenvalue weighted by Gasteiger charge is 1.97. The Hall–Kier alpha value is -1.02. The number of rotatable bonds is 12. The van der Waals surface area contributed by atoms with Crippen LogP contribution in [0.4, 0.5) is 0 Å². The van der Waals surface area contributed by atoms with Gasteiger partial charge in [0, 0.05) is 13.1 Å². The van der Waals surface area contributed by atoms with Gasteiger partial charge >= 0.3 is 0 Å². The lowest BCUT2D eigenvalue weighted by Gasteiger charge is -2.10. The summed E-state index contributed by atoms with van der Waals surface area (Å²) >= 11 is 0. The summed E-state index contributed by atoms with van der Waals surface area (Å²) in [5, 5.41) is 3.17. The van der Waals surface area contributed by atoms with Crippen molar-refractivity contribution in [3.05, 3.63) is 29.8 Å². The molecule has 0 unspecified atom stereocenters. The summed E-state index contributed by atoms with van der Waals surface area (Å²) in [6.45, 7) is 5.48. The molecule has 0 spiro atoms. The zero-order valence-corrected chi connectivity index (χ0v) is 18.3. The Balaban J connectivity index is 0.00000576. The van der Waals surface area contributed by atoms with E-state index in [1.807, 2.05) is 24.3 Å². The molecule has 0 amide bonds. The maximum Gasteiger partial charge on any atom is 0.188 e. The fraction of sp³-hybridized carbons (Fsp3) is 0.632. The van der Waals surface area contributed by atoms with Crippen LogP contribution in [0.2, 0.25) is 0 Å². The minimum atomic E-state index is 0. The predicted molar refractivity (Wildman–Crippen MR) is 118 cm³/mol. The highest BCUT2D eigenvalue weighted by atomic mass is 127. The Labute approximate surface area is 170 Å². The third-order valence-electron chi connectivity index (χ3n) is 3.71. The lowest BCUT2D eigenvalue weighted by Crippen LogP contribution is -2.32. The largest absolute Gasteiger partial charge is 0.494 e. The highest BCUT2D eigenvalue weighted by molar-refractivity contribution is 14.0. The van der Waals surface area contributed by atoms with Crippen molar-refractivity contribution in [3.63, 3.8) is 0 Å². The van der Waals surface area contributed by atoms with E-state index in [1.54, 1.807) is 0 Å². The standard InChI is InChI=1S/C19H34N4O.HI/c1-4-5-6-7-13-21-19(20)22-16-17-9-11-18(12-10-17)24-15-8-14-23(2)3;/h9-12H,4-8,13-16H2,1-3H3,(H3,20,21,22);1H. The molecule has 0 saturated heterocycles. The molecule has 0 aliphatic carbocycles. The molecular formula is C19H35IN4O. The molecule has 3 N–H and O–H groups in total. The molecule has 0 radical (unpaired) electrons. The zero-order valence-electron chi connectivity index (χ0n) is 16.0. The van der Waals surface area contributed by atoms with Gasteiger partial charge in [-0.1, -0.05) is 38.3 Å². The Morgan fingerprint density at radius 1 is 1.12 bits per heavy atom. The zero-order chi connectivity index (χ0) is 17.6. The SMILES string of the molecule is CCCCCCNC(N)=NCc1ccc(OCCCN(C)C)cc1.I. The van der Waals surface area contributed by atoms with Crippen molar-refractivity contribution in [3.8, 4) is 5.75 Å².